The average Bonchev–Trinajstić information content (AvgIpc) is 2.55. The maximum Gasteiger partial charge on any atom is 0.242 e. The lowest BCUT2D eigenvalue weighted by atomic mass is 9.82. The van der Waals surface area contributed by atoms with E-state index in [-0.39, 0.29) is 11.8 Å². The smallest absolute Gasteiger partial charge is 0.242 e. The fraction of sp³-hybridized carbons (Fsp3) is 0.111. The molecule has 21 heavy (non-hydrogen) atoms. The van der Waals surface area contributed by atoms with Gasteiger partial charge in [-0.3, -0.25) is 4.79 Å². The van der Waals surface area contributed by atoms with Crippen molar-refractivity contribution in [2.45, 2.75) is 5.92 Å². The first kappa shape index (κ1) is 13.1. The van der Waals surface area contributed by atoms with Crippen LogP contribution >= 0.6 is 0 Å². The third kappa shape index (κ3) is 2.56. The molecule has 2 atom stereocenters. The standard InChI is InChI=1S/C18H14N2O/c19-12-16-15(13-7-3-1-4-8-13)11-17(20-18(16)21)14-9-5-2-6-10-14/h1-11,15-16H,(H,20,21)/t15-,16-/m0/s1. The van der Waals surface area contributed by atoms with Crippen LogP contribution in [0.5, 0.6) is 0 Å². The van der Waals surface area contributed by atoms with Gasteiger partial charge in [0.05, 0.1) is 6.07 Å². The van der Waals surface area contributed by atoms with Gasteiger partial charge in [-0.2, -0.15) is 5.26 Å². The van der Waals surface area contributed by atoms with Crippen LogP contribution in [0.1, 0.15) is 17.0 Å². The maximum atomic E-state index is 12.2. The molecular formula is C18H14N2O. The molecule has 2 aromatic rings. The SMILES string of the molecule is N#C[C@@H]1C(=O)NC(c2ccccc2)=C[C@H]1c1ccccc1. The molecule has 0 saturated heterocycles. The van der Waals surface area contributed by atoms with E-state index >= 15 is 0 Å². The van der Waals surface area contributed by atoms with E-state index in [1.54, 1.807) is 0 Å². The molecule has 1 aliphatic rings. The van der Waals surface area contributed by atoms with Gasteiger partial charge in [0.1, 0.15) is 5.92 Å². The minimum absolute atomic E-state index is 0.222. The summed E-state index contributed by atoms with van der Waals surface area (Å²) in [7, 11) is 0. The number of nitrogens with zero attached hydrogens (tertiary/aromatic N) is 1. The van der Waals surface area contributed by atoms with Gasteiger partial charge in [-0.1, -0.05) is 66.7 Å². The lowest BCUT2D eigenvalue weighted by molar-refractivity contribution is -0.122. The fourth-order valence-electron chi connectivity index (χ4n) is 2.58. The van der Waals surface area contributed by atoms with Crippen LogP contribution in [0.2, 0.25) is 0 Å². The molecule has 3 rings (SSSR count). The summed E-state index contributed by atoms with van der Waals surface area (Å²) in [5, 5.41) is 12.1. The summed E-state index contributed by atoms with van der Waals surface area (Å²) in [4.78, 5) is 12.2. The van der Waals surface area contributed by atoms with Crippen molar-refractivity contribution in [1.82, 2.24) is 5.32 Å². The zero-order chi connectivity index (χ0) is 14.7. The molecule has 0 aliphatic carbocycles. The van der Waals surface area contributed by atoms with Gasteiger partial charge in [-0.05, 0) is 11.1 Å². The van der Waals surface area contributed by atoms with Crippen LogP contribution in [-0.2, 0) is 4.79 Å². The number of amides is 1. The van der Waals surface area contributed by atoms with Crippen LogP contribution in [0.3, 0.4) is 0 Å². The predicted octanol–water partition coefficient (Wildman–Crippen LogP) is 3.08. The molecular weight excluding hydrogens is 260 g/mol. The van der Waals surface area contributed by atoms with Gasteiger partial charge in [0.15, 0.2) is 0 Å². The number of allylic oxidation sites excluding steroid dienone is 1. The number of nitrogens with one attached hydrogen (secondary N) is 1. The highest BCUT2D eigenvalue weighted by molar-refractivity contribution is 5.93. The average molecular weight is 274 g/mol. The molecule has 1 N–H and O–H groups in total. The summed E-state index contributed by atoms with van der Waals surface area (Å²) < 4.78 is 0. The van der Waals surface area contributed by atoms with Gasteiger partial charge in [0.2, 0.25) is 5.91 Å². The van der Waals surface area contributed by atoms with Crippen molar-refractivity contribution in [3.63, 3.8) is 0 Å². The van der Waals surface area contributed by atoms with Crippen molar-refractivity contribution in [2.24, 2.45) is 5.92 Å². The number of hydrogen-bond acceptors (Lipinski definition) is 2. The number of rotatable bonds is 2. The predicted molar refractivity (Wildman–Crippen MR) is 80.8 cm³/mol. The Bertz CT molecular complexity index is 714. The number of benzene rings is 2. The molecule has 0 fully saturated rings. The van der Waals surface area contributed by atoms with Gasteiger partial charge >= 0.3 is 0 Å². The summed E-state index contributed by atoms with van der Waals surface area (Å²) in [6.07, 6.45) is 1.97. The quantitative estimate of drug-likeness (QED) is 0.915. The van der Waals surface area contributed by atoms with Crippen LogP contribution in [0.4, 0.5) is 0 Å². The molecule has 102 valence electrons. The minimum Gasteiger partial charge on any atom is -0.325 e. The molecule has 1 amide bonds. The Morgan fingerprint density at radius 3 is 2.19 bits per heavy atom. The van der Waals surface area contributed by atoms with Crippen molar-refractivity contribution in [1.29, 1.82) is 5.26 Å². The van der Waals surface area contributed by atoms with Crippen molar-refractivity contribution in [3.05, 3.63) is 77.9 Å². The molecule has 1 aliphatic heterocycles. The number of hydrogen-bond donors (Lipinski definition) is 1. The lowest BCUT2D eigenvalue weighted by Crippen LogP contribution is -2.36. The largest absolute Gasteiger partial charge is 0.325 e. The first-order chi connectivity index (χ1) is 10.3. The summed E-state index contributed by atoms with van der Waals surface area (Å²) in [6.45, 7) is 0. The van der Waals surface area contributed by atoms with Crippen molar-refractivity contribution in [3.8, 4) is 6.07 Å². The highest BCUT2D eigenvalue weighted by atomic mass is 16.1. The van der Waals surface area contributed by atoms with E-state index in [2.05, 4.69) is 11.4 Å². The van der Waals surface area contributed by atoms with Crippen LogP contribution in [-0.4, -0.2) is 5.91 Å². The molecule has 2 aromatic carbocycles. The summed E-state index contributed by atoms with van der Waals surface area (Å²) in [6, 6.07) is 21.5. The third-order valence-corrected chi connectivity index (χ3v) is 3.65. The molecule has 0 aromatic heterocycles. The lowest BCUT2D eigenvalue weighted by Gasteiger charge is -2.26. The van der Waals surface area contributed by atoms with E-state index in [1.165, 1.54) is 0 Å². The second-order valence-electron chi connectivity index (χ2n) is 4.98. The molecule has 0 saturated carbocycles. The number of carbonyl (C=O) groups is 1. The zero-order valence-electron chi connectivity index (χ0n) is 11.4. The summed E-state index contributed by atoms with van der Waals surface area (Å²) >= 11 is 0. The Morgan fingerprint density at radius 2 is 1.57 bits per heavy atom. The van der Waals surface area contributed by atoms with E-state index in [9.17, 15) is 10.1 Å². The zero-order valence-corrected chi connectivity index (χ0v) is 11.4. The van der Waals surface area contributed by atoms with E-state index in [0.29, 0.717) is 0 Å². The van der Waals surface area contributed by atoms with E-state index in [1.807, 2.05) is 66.7 Å². The topological polar surface area (TPSA) is 52.9 Å². The maximum absolute atomic E-state index is 12.2. The van der Waals surface area contributed by atoms with Crippen LogP contribution in [0.15, 0.2) is 66.7 Å². The van der Waals surface area contributed by atoms with Gasteiger partial charge in [-0.15, -0.1) is 0 Å². The monoisotopic (exact) mass is 274 g/mol. The van der Waals surface area contributed by atoms with E-state index in [4.69, 9.17) is 0 Å². The van der Waals surface area contributed by atoms with Crippen LogP contribution < -0.4 is 5.32 Å². The summed E-state index contributed by atoms with van der Waals surface area (Å²) in [5.74, 6) is -1.16. The van der Waals surface area contributed by atoms with Crippen LogP contribution in [0, 0.1) is 17.2 Å². The molecule has 0 spiro atoms. The van der Waals surface area contributed by atoms with Crippen molar-refractivity contribution < 1.29 is 4.79 Å². The Morgan fingerprint density at radius 1 is 0.952 bits per heavy atom. The fourth-order valence-corrected chi connectivity index (χ4v) is 2.58. The Hall–Kier alpha value is -2.86. The summed E-state index contributed by atoms with van der Waals surface area (Å²) in [5.41, 5.74) is 2.69. The highest BCUT2D eigenvalue weighted by Gasteiger charge is 2.33. The van der Waals surface area contributed by atoms with Gasteiger partial charge in [0, 0.05) is 11.6 Å². The molecule has 0 bridgehead atoms. The normalized spacial score (nSPS) is 21.1. The first-order valence-electron chi connectivity index (χ1n) is 6.82. The highest BCUT2D eigenvalue weighted by Crippen LogP contribution is 2.32. The molecule has 0 unspecified atom stereocenters. The second-order valence-corrected chi connectivity index (χ2v) is 4.98. The third-order valence-electron chi connectivity index (χ3n) is 3.65. The second kappa shape index (κ2) is 5.64. The number of nitriles is 1. The minimum atomic E-state index is -0.695. The van der Waals surface area contributed by atoms with Gasteiger partial charge in [0.25, 0.3) is 0 Å². The van der Waals surface area contributed by atoms with Crippen molar-refractivity contribution in [2.75, 3.05) is 0 Å². The molecule has 0 radical (unpaired) electrons. The van der Waals surface area contributed by atoms with E-state index < -0.39 is 5.92 Å². The number of carbonyl (C=O) groups excluding carboxylic acids is 1. The molecule has 1 heterocycles. The van der Waals surface area contributed by atoms with Crippen molar-refractivity contribution >= 4 is 11.6 Å². The Balaban J connectivity index is 2.06. The molecule has 3 heteroatoms. The van der Waals surface area contributed by atoms with Gasteiger partial charge in [-0.25, -0.2) is 0 Å². The van der Waals surface area contributed by atoms with E-state index in [0.717, 1.165) is 16.8 Å². The Labute approximate surface area is 123 Å². The first-order valence-corrected chi connectivity index (χ1v) is 6.82. The molecule has 3 nitrogen and oxygen atoms in total. The van der Waals surface area contributed by atoms with Gasteiger partial charge < -0.3 is 5.32 Å². The Kier molecular flexibility index (Phi) is 3.53. The van der Waals surface area contributed by atoms with Crippen LogP contribution in [0.25, 0.3) is 5.70 Å².